The third kappa shape index (κ3) is 9.91. The van der Waals surface area contributed by atoms with E-state index in [0.717, 1.165) is 27.9 Å². The van der Waals surface area contributed by atoms with Crippen LogP contribution in [0.25, 0.3) is 33.5 Å². The number of pyridine rings is 4. The number of rotatable bonds is 7. The second kappa shape index (κ2) is 15.7. The van der Waals surface area contributed by atoms with Gasteiger partial charge in [0.1, 0.15) is 28.5 Å². The first-order chi connectivity index (χ1) is 24.4. The van der Waals surface area contributed by atoms with Gasteiger partial charge < -0.3 is 29.9 Å². The number of imidazole rings is 2. The summed E-state index contributed by atoms with van der Waals surface area (Å²) in [6, 6.07) is 14.4. The summed E-state index contributed by atoms with van der Waals surface area (Å²) in [6.07, 6.45) is 9.94. The lowest BCUT2D eigenvalue weighted by atomic mass is 10.1. The van der Waals surface area contributed by atoms with E-state index < -0.39 is 11.7 Å². The van der Waals surface area contributed by atoms with Gasteiger partial charge in [0, 0.05) is 37.9 Å². The highest BCUT2D eigenvalue weighted by Gasteiger charge is 2.17. The van der Waals surface area contributed by atoms with Crippen LogP contribution in [0.4, 0.5) is 37.7 Å². The van der Waals surface area contributed by atoms with Crippen molar-refractivity contribution in [3.8, 4) is 22.3 Å². The monoisotopic (exact) mass is 692 g/mol. The fourth-order valence-corrected chi connectivity index (χ4v) is 4.80. The van der Waals surface area contributed by atoms with E-state index in [1.807, 2.05) is 77.5 Å². The molecule has 0 spiro atoms. The van der Waals surface area contributed by atoms with E-state index in [1.165, 1.54) is 0 Å². The number of amides is 5. The van der Waals surface area contributed by atoms with E-state index >= 15 is 0 Å². The number of ether oxygens (including phenoxy) is 1. The van der Waals surface area contributed by atoms with Crippen molar-refractivity contribution in [1.82, 2.24) is 39.4 Å². The molecule has 0 aliphatic heterocycles. The number of aromatic nitrogens is 6. The number of fused-ring (bicyclic) bond motifs is 2. The zero-order chi connectivity index (χ0) is 36.5. The molecule has 51 heavy (non-hydrogen) atoms. The molecule has 0 atom stereocenters. The zero-order valence-electron chi connectivity index (χ0n) is 28.9. The van der Waals surface area contributed by atoms with Gasteiger partial charge in [-0.1, -0.05) is 0 Å². The minimum Gasteiger partial charge on any atom is -0.444 e. The van der Waals surface area contributed by atoms with Crippen molar-refractivity contribution in [2.24, 2.45) is 0 Å². The quantitative estimate of drug-likeness (QED) is 0.116. The highest BCUT2D eigenvalue weighted by atomic mass is 16.6. The van der Waals surface area contributed by atoms with Gasteiger partial charge in [0.25, 0.3) is 0 Å². The Labute approximate surface area is 293 Å². The van der Waals surface area contributed by atoms with Crippen LogP contribution in [0.2, 0.25) is 0 Å². The number of anilines is 4. The molecule has 7 N–H and O–H groups in total. The van der Waals surface area contributed by atoms with Gasteiger partial charge in [-0.05, 0) is 105 Å². The average molecular weight is 693 g/mol. The van der Waals surface area contributed by atoms with E-state index in [4.69, 9.17) is 10.5 Å². The fourth-order valence-electron chi connectivity index (χ4n) is 4.80. The number of nitrogens with two attached hydrogens (primary N) is 1. The van der Waals surface area contributed by atoms with Crippen molar-refractivity contribution in [3.05, 3.63) is 85.7 Å². The van der Waals surface area contributed by atoms with Crippen LogP contribution < -0.4 is 32.3 Å². The number of nitrogens with one attached hydrogen (secondary N) is 5. The van der Waals surface area contributed by atoms with Crippen LogP contribution >= 0.6 is 0 Å². The molecule has 0 saturated carbocycles. The summed E-state index contributed by atoms with van der Waals surface area (Å²) in [5.41, 5.74) is 10.2. The first-order valence-corrected chi connectivity index (χ1v) is 16.1. The minimum atomic E-state index is -0.590. The molecule has 0 aromatic carbocycles. The highest BCUT2D eigenvalue weighted by Crippen LogP contribution is 2.25. The highest BCUT2D eigenvalue weighted by molar-refractivity contribution is 5.89. The van der Waals surface area contributed by atoms with Crippen molar-refractivity contribution in [2.45, 2.75) is 40.2 Å². The number of hydrogen-bond acceptors (Lipinski definition) is 9. The molecule has 0 unspecified atom stereocenters. The number of hydrogen-bond donors (Lipinski definition) is 6. The molecule has 0 radical (unpaired) electrons. The van der Waals surface area contributed by atoms with Crippen LogP contribution in [-0.4, -0.2) is 65.6 Å². The molecule has 6 heterocycles. The lowest BCUT2D eigenvalue weighted by Gasteiger charge is -2.19. The molecule has 0 bridgehead atoms. The largest absolute Gasteiger partial charge is 0.444 e. The van der Waals surface area contributed by atoms with Gasteiger partial charge in [0.2, 0.25) is 0 Å². The third-order valence-corrected chi connectivity index (χ3v) is 6.91. The van der Waals surface area contributed by atoms with E-state index in [-0.39, 0.29) is 12.1 Å². The molecule has 16 nitrogen and oxygen atoms in total. The van der Waals surface area contributed by atoms with Crippen LogP contribution in [-0.2, 0) is 4.74 Å². The van der Waals surface area contributed by atoms with Gasteiger partial charge >= 0.3 is 18.2 Å². The topological polar surface area (TPSA) is 207 Å². The summed E-state index contributed by atoms with van der Waals surface area (Å²) < 4.78 is 8.91. The second-order valence-corrected chi connectivity index (χ2v) is 12.1. The van der Waals surface area contributed by atoms with Gasteiger partial charge in [0.15, 0.2) is 11.6 Å². The van der Waals surface area contributed by atoms with Crippen LogP contribution in [0.1, 0.15) is 34.6 Å². The van der Waals surface area contributed by atoms with Crippen LogP contribution in [0, 0.1) is 0 Å². The SMILES string of the molecule is CCNC(=O)Nc1cn2ccc(-c3ccnc(N)c3)cc2n1.CCNC(=O)Nc1cn2ccc(-c3ccnc(NC(=O)OC(C)(C)C)c3)cc2n1. The van der Waals surface area contributed by atoms with Crippen molar-refractivity contribution >= 4 is 52.7 Å². The van der Waals surface area contributed by atoms with Crippen LogP contribution in [0.5, 0.6) is 0 Å². The van der Waals surface area contributed by atoms with Gasteiger partial charge in [-0.25, -0.2) is 34.3 Å². The Hall–Kier alpha value is -6.71. The summed E-state index contributed by atoms with van der Waals surface area (Å²) >= 11 is 0. The van der Waals surface area contributed by atoms with Gasteiger partial charge in [-0.3, -0.25) is 16.0 Å². The second-order valence-electron chi connectivity index (χ2n) is 12.1. The summed E-state index contributed by atoms with van der Waals surface area (Å²) in [6.45, 7) is 10.2. The Morgan fingerprint density at radius 3 is 1.67 bits per heavy atom. The Balaban J connectivity index is 0.000000205. The number of nitrogens with zero attached hydrogens (tertiary/aromatic N) is 6. The Morgan fingerprint density at radius 2 is 1.18 bits per heavy atom. The third-order valence-electron chi connectivity index (χ3n) is 6.91. The van der Waals surface area contributed by atoms with Crippen LogP contribution in [0.15, 0.2) is 85.7 Å². The maximum absolute atomic E-state index is 12.0. The predicted octanol–water partition coefficient (Wildman–Crippen LogP) is 6.00. The fraction of sp³-hybridized carbons (Fsp3) is 0.229. The molecule has 0 fully saturated rings. The summed E-state index contributed by atoms with van der Waals surface area (Å²) in [5.74, 6) is 1.81. The summed E-state index contributed by atoms with van der Waals surface area (Å²) in [7, 11) is 0. The van der Waals surface area contributed by atoms with Crippen molar-refractivity contribution in [2.75, 3.05) is 34.8 Å². The molecule has 6 rings (SSSR count). The predicted molar refractivity (Wildman–Crippen MR) is 197 cm³/mol. The van der Waals surface area contributed by atoms with Gasteiger partial charge in [-0.15, -0.1) is 0 Å². The molecule has 16 heteroatoms. The Bertz CT molecular complexity index is 2170. The lowest BCUT2D eigenvalue weighted by Crippen LogP contribution is -2.28. The first kappa shape index (κ1) is 35.6. The molecule has 0 aliphatic carbocycles. The van der Waals surface area contributed by atoms with Gasteiger partial charge in [0.05, 0.1) is 12.4 Å². The minimum absolute atomic E-state index is 0.270. The average Bonchev–Trinajstić information content (AvgIpc) is 3.66. The molecule has 0 aliphatic rings. The molecule has 6 aromatic rings. The molecule has 0 saturated heterocycles. The summed E-state index contributed by atoms with van der Waals surface area (Å²) in [4.78, 5) is 52.1. The maximum Gasteiger partial charge on any atom is 0.413 e. The number of carbonyl (C=O) groups excluding carboxylic acids is 3. The Morgan fingerprint density at radius 1 is 0.686 bits per heavy atom. The van der Waals surface area contributed by atoms with Crippen molar-refractivity contribution in [3.63, 3.8) is 0 Å². The maximum atomic E-state index is 12.0. The van der Waals surface area contributed by atoms with E-state index in [0.29, 0.717) is 42.0 Å². The van der Waals surface area contributed by atoms with E-state index in [2.05, 4.69) is 46.5 Å². The number of nitrogen functional groups attached to an aromatic ring is 1. The van der Waals surface area contributed by atoms with Crippen molar-refractivity contribution in [1.29, 1.82) is 0 Å². The lowest BCUT2D eigenvalue weighted by molar-refractivity contribution is 0.0635. The van der Waals surface area contributed by atoms with Gasteiger partial charge in [-0.2, -0.15) is 0 Å². The number of urea groups is 2. The van der Waals surface area contributed by atoms with Crippen LogP contribution in [0.3, 0.4) is 0 Å². The van der Waals surface area contributed by atoms with E-state index in [9.17, 15) is 14.4 Å². The number of carbonyl (C=O) groups is 3. The molecular formula is C35H40N12O4. The van der Waals surface area contributed by atoms with Crippen molar-refractivity contribution < 1.29 is 19.1 Å². The van der Waals surface area contributed by atoms with E-state index in [1.54, 1.807) is 51.6 Å². The molecule has 6 aromatic heterocycles. The molecule has 5 amide bonds. The first-order valence-electron chi connectivity index (χ1n) is 16.1. The molecule has 264 valence electrons. The zero-order valence-corrected chi connectivity index (χ0v) is 28.9. The summed E-state index contributed by atoms with van der Waals surface area (Å²) in [5, 5.41) is 13.3. The normalized spacial score (nSPS) is 10.9. The molecular weight excluding hydrogens is 652 g/mol. The Kier molecular flexibility index (Phi) is 10.9. The smallest absolute Gasteiger partial charge is 0.413 e. The standard InChI is InChI=1S/C20H24N6O3.C15H16N6O/c1-5-21-18(27)24-16-12-26-9-7-14(11-17(26)23-16)13-6-8-22-15(10-13)25-19(28)29-20(2,3)4;1-2-17-15(22)20-13-9-21-6-4-11(8-14(21)19-13)10-3-5-18-12(16)7-10/h6-12H,5H2,1-4H3,(H2,21,24,27)(H,22,25,28);3-9H,2H2,1H3,(H2,16,18)(H2,17,20,22).